The standard InChI is InChI=1S/C14H15Br2ClN2O/c1-3-19-12(14(16)9(2)18-19)8-20-13-5-4-11(15)6-10(13)7-17/h4-6H,3,7-8H2,1-2H3. The Morgan fingerprint density at radius 3 is 2.75 bits per heavy atom. The second-order valence-corrected chi connectivity index (χ2v) is 6.31. The van der Waals surface area contributed by atoms with Gasteiger partial charge in [0.1, 0.15) is 12.4 Å². The fraction of sp³-hybridized carbons (Fsp3) is 0.357. The maximum Gasteiger partial charge on any atom is 0.131 e. The third kappa shape index (κ3) is 3.38. The number of hydrogen-bond donors (Lipinski definition) is 0. The molecule has 108 valence electrons. The van der Waals surface area contributed by atoms with Crippen molar-refractivity contribution in [2.75, 3.05) is 0 Å². The van der Waals surface area contributed by atoms with Crippen LogP contribution in [-0.4, -0.2) is 9.78 Å². The number of rotatable bonds is 5. The molecule has 0 N–H and O–H groups in total. The molecule has 6 heteroatoms. The van der Waals surface area contributed by atoms with Crippen molar-refractivity contribution in [3.63, 3.8) is 0 Å². The van der Waals surface area contributed by atoms with Crippen LogP contribution in [0.2, 0.25) is 0 Å². The van der Waals surface area contributed by atoms with Gasteiger partial charge in [-0.25, -0.2) is 0 Å². The molecule has 0 aliphatic heterocycles. The maximum atomic E-state index is 5.95. The predicted octanol–water partition coefficient (Wildman–Crippen LogP) is 5.05. The van der Waals surface area contributed by atoms with E-state index in [4.69, 9.17) is 16.3 Å². The molecule has 1 aromatic heterocycles. The van der Waals surface area contributed by atoms with E-state index < -0.39 is 0 Å². The van der Waals surface area contributed by atoms with E-state index in [2.05, 4.69) is 43.9 Å². The Labute approximate surface area is 140 Å². The first-order valence-corrected chi connectivity index (χ1v) is 8.37. The molecule has 3 nitrogen and oxygen atoms in total. The van der Waals surface area contributed by atoms with Crippen molar-refractivity contribution < 1.29 is 4.74 Å². The molecule has 0 unspecified atom stereocenters. The first-order chi connectivity index (χ1) is 9.56. The third-order valence-electron chi connectivity index (χ3n) is 2.98. The van der Waals surface area contributed by atoms with E-state index in [1.807, 2.05) is 29.8 Å². The monoisotopic (exact) mass is 420 g/mol. The van der Waals surface area contributed by atoms with E-state index in [0.29, 0.717) is 12.5 Å². The summed E-state index contributed by atoms with van der Waals surface area (Å²) in [5, 5.41) is 4.45. The van der Waals surface area contributed by atoms with E-state index in [1.165, 1.54) is 0 Å². The summed E-state index contributed by atoms with van der Waals surface area (Å²) in [5.41, 5.74) is 2.98. The average molecular weight is 423 g/mol. The predicted molar refractivity (Wildman–Crippen MR) is 88.4 cm³/mol. The number of alkyl halides is 1. The van der Waals surface area contributed by atoms with E-state index in [9.17, 15) is 0 Å². The van der Waals surface area contributed by atoms with Crippen LogP contribution in [0, 0.1) is 6.92 Å². The number of aromatic nitrogens is 2. The molecule has 0 aliphatic carbocycles. The van der Waals surface area contributed by atoms with Crippen LogP contribution in [0.15, 0.2) is 27.1 Å². The Bertz CT molecular complexity index is 613. The van der Waals surface area contributed by atoms with Gasteiger partial charge in [-0.2, -0.15) is 5.10 Å². The van der Waals surface area contributed by atoms with Crippen LogP contribution in [0.25, 0.3) is 0 Å². The summed E-state index contributed by atoms with van der Waals surface area (Å²) in [5.74, 6) is 1.22. The lowest BCUT2D eigenvalue weighted by atomic mass is 10.2. The van der Waals surface area contributed by atoms with Gasteiger partial charge in [-0.1, -0.05) is 15.9 Å². The fourth-order valence-electron chi connectivity index (χ4n) is 1.95. The average Bonchev–Trinajstić information content (AvgIpc) is 2.72. The fourth-order valence-corrected chi connectivity index (χ4v) is 2.96. The summed E-state index contributed by atoms with van der Waals surface area (Å²) in [6.45, 7) is 5.31. The van der Waals surface area contributed by atoms with Crippen LogP contribution in [0.4, 0.5) is 0 Å². The minimum Gasteiger partial charge on any atom is -0.487 e. The highest BCUT2D eigenvalue weighted by molar-refractivity contribution is 9.10. The van der Waals surface area contributed by atoms with Crippen molar-refractivity contribution in [3.05, 3.63) is 44.1 Å². The van der Waals surface area contributed by atoms with Gasteiger partial charge in [-0.3, -0.25) is 4.68 Å². The summed E-state index contributed by atoms with van der Waals surface area (Å²) in [7, 11) is 0. The van der Waals surface area contributed by atoms with Crippen LogP contribution in [-0.2, 0) is 19.0 Å². The minimum atomic E-state index is 0.419. The maximum absolute atomic E-state index is 5.95. The van der Waals surface area contributed by atoms with Gasteiger partial charge >= 0.3 is 0 Å². The van der Waals surface area contributed by atoms with Gasteiger partial charge in [-0.05, 0) is 48.0 Å². The summed E-state index contributed by atoms with van der Waals surface area (Å²) in [6.07, 6.45) is 0. The van der Waals surface area contributed by atoms with Gasteiger partial charge in [0.15, 0.2) is 0 Å². The van der Waals surface area contributed by atoms with E-state index >= 15 is 0 Å². The van der Waals surface area contributed by atoms with Crippen molar-refractivity contribution in [1.29, 1.82) is 0 Å². The van der Waals surface area contributed by atoms with Crippen molar-refractivity contribution in [2.45, 2.75) is 32.9 Å². The molecule has 0 fully saturated rings. The van der Waals surface area contributed by atoms with Crippen molar-refractivity contribution >= 4 is 43.5 Å². The Hall–Kier alpha value is -0.520. The number of benzene rings is 1. The highest BCUT2D eigenvalue weighted by Gasteiger charge is 2.13. The van der Waals surface area contributed by atoms with Crippen LogP contribution >= 0.6 is 43.5 Å². The zero-order valence-electron chi connectivity index (χ0n) is 11.3. The van der Waals surface area contributed by atoms with E-state index in [-0.39, 0.29) is 0 Å². The molecular formula is C14H15Br2ClN2O. The topological polar surface area (TPSA) is 27.1 Å². The van der Waals surface area contributed by atoms with Crippen molar-refractivity contribution in [2.24, 2.45) is 0 Å². The molecule has 0 amide bonds. The lowest BCUT2D eigenvalue weighted by molar-refractivity contribution is 0.289. The van der Waals surface area contributed by atoms with Gasteiger partial charge in [0.05, 0.1) is 21.7 Å². The molecule has 0 bridgehead atoms. The Morgan fingerprint density at radius 1 is 1.35 bits per heavy atom. The molecule has 20 heavy (non-hydrogen) atoms. The number of halogens is 3. The first-order valence-electron chi connectivity index (χ1n) is 6.25. The van der Waals surface area contributed by atoms with Gasteiger partial charge in [0, 0.05) is 16.6 Å². The van der Waals surface area contributed by atoms with Crippen molar-refractivity contribution in [3.8, 4) is 5.75 Å². The van der Waals surface area contributed by atoms with Crippen LogP contribution in [0.3, 0.4) is 0 Å². The highest BCUT2D eigenvalue weighted by atomic mass is 79.9. The van der Waals surface area contributed by atoms with E-state index in [0.717, 1.165) is 38.2 Å². The Kier molecular flexibility index (Phi) is 5.52. The molecule has 0 aliphatic rings. The number of aryl methyl sites for hydroxylation is 2. The third-order valence-corrected chi connectivity index (χ3v) is 4.80. The zero-order chi connectivity index (χ0) is 14.7. The van der Waals surface area contributed by atoms with Crippen LogP contribution in [0.5, 0.6) is 5.75 Å². The van der Waals surface area contributed by atoms with Crippen LogP contribution in [0.1, 0.15) is 23.9 Å². The summed E-state index contributed by atoms with van der Waals surface area (Å²) in [6, 6.07) is 5.84. The molecule has 0 radical (unpaired) electrons. The quantitative estimate of drug-likeness (QED) is 0.630. The van der Waals surface area contributed by atoms with E-state index in [1.54, 1.807) is 0 Å². The summed E-state index contributed by atoms with van der Waals surface area (Å²) < 4.78 is 9.85. The summed E-state index contributed by atoms with van der Waals surface area (Å²) >= 11 is 13.0. The SMILES string of the molecule is CCn1nc(C)c(Br)c1COc1ccc(Br)cc1CCl. The highest BCUT2D eigenvalue weighted by Crippen LogP contribution is 2.27. The summed E-state index contributed by atoms with van der Waals surface area (Å²) in [4.78, 5) is 0. The molecule has 2 rings (SSSR count). The molecule has 2 aromatic rings. The normalized spacial score (nSPS) is 10.8. The Balaban J connectivity index is 2.21. The van der Waals surface area contributed by atoms with Gasteiger partial charge in [0.2, 0.25) is 0 Å². The Morgan fingerprint density at radius 2 is 2.10 bits per heavy atom. The second kappa shape index (κ2) is 6.96. The number of ether oxygens (including phenoxy) is 1. The zero-order valence-corrected chi connectivity index (χ0v) is 15.2. The van der Waals surface area contributed by atoms with Gasteiger partial charge in [-0.15, -0.1) is 11.6 Å². The molecule has 1 heterocycles. The van der Waals surface area contributed by atoms with Crippen LogP contribution < -0.4 is 4.74 Å². The first kappa shape index (κ1) is 15.9. The minimum absolute atomic E-state index is 0.419. The molecule has 1 aromatic carbocycles. The lowest BCUT2D eigenvalue weighted by Crippen LogP contribution is -2.07. The molecule has 0 atom stereocenters. The lowest BCUT2D eigenvalue weighted by Gasteiger charge is -2.11. The number of hydrogen-bond acceptors (Lipinski definition) is 2. The molecular weight excluding hydrogens is 407 g/mol. The van der Waals surface area contributed by atoms with Gasteiger partial charge < -0.3 is 4.74 Å². The van der Waals surface area contributed by atoms with Gasteiger partial charge in [0.25, 0.3) is 0 Å². The molecule has 0 saturated heterocycles. The molecule has 0 saturated carbocycles. The van der Waals surface area contributed by atoms with Crippen molar-refractivity contribution in [1.82, 2.24) is 9.78 Å². The number of nitrogens with zero attached hydrogens (tertiary/aromatic N) is 2. The smallest absolute Gasteiger partial charge is 0.131 e. The second-order valence-electron chi connectivity index (χ2n) is 4.34. The largest absolute Gasteiger partial charge is 0.487 e. The molecule has 0 spiro atoms.